The molecule has 2 aromatic rings. The van der Waals surface area contributed by atoms with Crippen molar-refractivity contribution in [2.24, 2.45) is 11.8 Å². The molecule has 3 atom stereocenters. The molecule has 1 aromatic carbocycles. The van der Waals surface area contributed by atoms with Gasteiger partial charge in [-0.15, -0.1) is 0 Å². The van der Waals surface area contributed by atoms with Crippen molar-refractivity contribution < 1.29 is 0 Å². The minimum Gasteiger partial charge on any atom is -0.358 e. The third kappa shape index (κ3) is 2.42. The van der Waals surface area contributed by atoms with Gasteiger partial charge >= 0.3 is 0 Å². The van der Waals surface area contributed by atoms with Gasteiger partial charge in [-0.2, -0.15) is 0 Å². The average Bonchev–Trinajstić information content (AvgIpc) is 2.96. The van der Waals surface area contributed by atoms with E-state index in [-0.39, 0.29) is 0 Å². The highest BCUT2D eigenvalue weighted by Crippen LogP contribution is 2.36. The van der Waals surface area contributed by atoms with E-state index in [1.54, 1.807) is 0 Å². The van der Waals surface area contributed by atoms with Gasteiger partial charge in [-0.05, 0) is 35.8 Å². The van der Waals surface area contributed by atoms with Gasteiger partial charge < -0.3 is 4.98 Å². The predicted molar refractivity (Wildman–Crippen MR) is 88.4 cm³/mol. The minimum absolute atomic E-state index is 0.685. The van der Waals surface area contributed by atoms with Crippen molar-refractivity contribution in [1.82, 2.24) is 9.88 Å². The number of aromatic nitrogens is 1. The van der Waals surface area contributed by atoms with Crippen LogP contribution in [0.15, 0.2) is 42.5 Å². The highest BCUT2D eigenvalue weighted by atomic mass is 15.2. The second-order valence-electron chi connectivity index (χ2n) is 6.65. The Morgan fingerprint density at radius 1 is 1.24 bits per heavy atom. The molecule has 21 heavy (non-hydrogen) atoms. The number of piperidine rings is 1. The van der Waals surface area contributed by atoms with Crippen LogP contribution < -0.4 is 0 Å². The number of rotatable bonds is 4. The number of H-pyrrole nitrogens is 1. The lowest BCUT2D eigenvalue weighted by atomic mass is 9.75. The standard InChI is InChI=1S/C19H24N2/c1-2-14-12-18-8-7-16(14)13-21(18)10-9-17-11-15-5-3-4-6-19(15)20-17/h3-8,11,14,16,18,20H,2,9-10,12-13H2,1H3. The van der Waals surface area contributed by atoms with Crippen LogP contribution in [0.2, 0.25) is 0 Å². The smallest absolute Gasteiger partial charge is 0.0456 e. The first kappa shape index (κ1) is 13.1. The molecule has 2 bridgehead atoms. The van der Waals surface area contributed by atoms with E-state index in [2.05, 4.69) is 59.3 Å². The number of benzene rings is 1. The first-order valence-corrected chi connectivity index (χ1v) is 8.32. The van der Waals surface area contributed by atoms with Crippen molar-refractivity contribution in [3.05, 3.63) is 48.2 Å². The van der Waals surface area contributed by atoms with Crippen molar-refractivity contribution in [2.75, 3.05) is 13.1 Å². The quantitative estimate of drug-likeness (QED) is 0.839. The molecule has 0 amide bonds. The largest absolute Gasteiger partial charge is 0.358 e. The van der Waals surface area contributed by atoms with Gasteiger partial charge in [-0.25, -0.2) is 0 Å². The summed E-state index contributed by atoms with van der Waals surface area (Å²) in [6.45, 7) is 4.78. The number of para-hydroxylation sites is 1. The summed E-state index contributed by atoms with van der Waals surface area (Å²) in [6, 6.07) is 11.6. The maximum Gasteiger partial charge on any atom is 0.0456 e. The molecule has 1 N–H and O–H groups in total. The molecule has 1 aromatic heterocycles. The lowest BCUT2D eigenvalue weighted by Crippen LogP contribution is -2.49. The van der Waals surface area contributed by atoms with Crippen LogP contribution in [-0.4, -0.2) is 29.0 Å². The Labute approximate surface area is 126 Å². The monoisotopic (exact) mass is 280 g/mol. The first-order chi connectivity index (χ1) is 10.3. The molecule has 0 radical (unpaired) electrons. The van der Waals surface area contributed by atoms with Crippen molar-refractivity contribution in [3.8, 4) is 0 Å². The lowest BCUT2D eigenvalue weighted by Gasteiger charge is -2.46. The third-order valence-corrected chi connectivity index (χ3v) is 5.42. The second kappa shape index (κ2) is 5.34. The minimum atomic E-state index is 0.685. The van der Waals surface area contributed by atoms with Gasteiger partial charge in [-0.3, -0.25) is 4.90 Å². The molecule has 1 aliphatic carbocycles. The van der Waals surface area contributed by atoms with E-state index in [0.29, 0.717) is 6.04 Å². The molecule has 0 saturated carbocycles. The Hall–Kier alpha value is -1.54. The van der Waals surface area contributed by atoms with Crippen molar-refractivity contribution >= 4 is 10.9 Å². The highest BCUT2D eigenvalue weighted by Gasteiger charge is 2.35. The number of nitrogens with one attached hydrogen (secondary N) is 1. The van der Waals surface area contributed by atoms with Crippen LogP contribution in [0, 0.1) is 11.8 Å². The molecular formula is C19H24N2. The first-order valence-electron chi connectivity index (χ1n) is 8.32. The van der Waals surface area contributed by atoms with E-state index >= 15 is 0 Å². The number of aromatic amines is 1. The van der Waals surface area contributed by atoms with Crippen LogP contribution in [0.5, 0.6) is 0 Å². The number of hydrogen-bond acceptors (Lipinski definition) is 1. The summed E-state index contributed by atoms with van der Waals surface area (Å²) in [5.74, 6) is 1.71. The summed E-state index contributed by atoms with van der Waals surface area (Å²) in [4.78, 5) is 6.24. The van der Waals surface area contributed by atoms with Gasteiger partial charge in [-0.1, -0.05) is 43.7 Å². The maximum absolute atomic E-state index is 3.55. The molecule has 1 fully saturated rings. The van der Waals surface area contributed by atoms with Crippen molar-refractivity contribution in [2.45, 2.75) is 32.2 Å². The number of nitrogens with zero attached hydrogens (tertiary/aromatic N) is 1. The Balaban J connectivity index is 1.42. The van der Waals surface area contributed by atoms with Crippen LogP contribution >= 0.6 is 0 Å². The van der Waals surface area contributed by atoms with Crippen molar-refractivity contribution in [3.63, 3.8) is 0 Å². The van der Waals surface area contributed by atoms with E-state index in [1.165, 1.54) is 42.5 Å². The highest BCUT2D eigenvalue weighted by molar-refractivity contribution is 5.80. The average molecular weight is 280 g/mol. The normalized spacial score (nSPS) is 28.5. The topological polar surface area (TPSA) is 19.0 Å². The van der Waals surface area contributed by atoms with Gasteiger partial charge in [0, 0.05) is 36.8 Å². The van der Waals surface area contributed by atoms with Gasteiger partial charge in [0.05, 0.1) is 0 Å². The summed E-state index contributed by atoms with van der Waals surface area (Å²) in [6.07, 6.45) is 8.75. The molecule has 2 aliphatic heterocycles. The fourth-order valence-corrected chi connectivity index (χ4v) is 4.14. The van der Waals surface area contributed by atoms with Gasteiger partial charge in [0.25, 0.3) is 0 Å². The van der Waals surface area contributed by atoms with Crippen LogP contribution in [0.25, 0.3) is 10.9 Å². The molecule has 5 rings (SSSR count). The Morgan fingerprint density at radius 3 is 2.90 bits per heavy atom. The molecule has 3 unspecified atom stereocenters. The summed E-state index contributed by atoms with van der Waals surface area (Å²) >= 11 is 0. The molecule has 2 heteroatoms. The fourth-order valence-electron chi connectivity index (χ4n) is 4.14. The van der Waals surface area contributed by atoms with Gasteiger partial charge in [0.1, 0.15) is 0 Å². The Bertz CT molecular complexity index is 621. The van der Waals surface area contributed by atoms with Crippen LogP contribution in [0.4, 0.5) is 0 Å². The van der Waals surface area contributed by atoms with Crippen molar-refractivity contribution in [1.29, 1.82) is 0 Å². The Kier molecular flexibility index (Phi) is 3.34. The van der Waals surface area contributed by atoms with Crippen LogP contribution in [0.3, 0.4) is 0 Å². The molecule has 110 valence electrons. The van der Waals surface area contributed by atoms with E-state index in [4.69, 9.17) is 0 Å². The molecular weight excluding hydrogens is 256 g/mol. The molecule has 0 spiro atoms. The second-order valence-corrected chi connectivity index (χ2v) is 6.65. The third-order valence-electron chi connectivity index (χ3n) is 5.42. The molecule has 3 heterocycles. The summed E-state index contributed by atoms with van der Waals surface area (Å²) < 4.78 is 0. The van der Waals surface area contributed by atoms with E-state index in [0.717, 1.165) is 18.3 Å². The molecule has 3 aliphatic rings. The zero-order valence-corrected chi connectivity index (χ0v) is 12.8. The van der Waals surface area contributed by atoms with Crippen LogP contribution in [-0.2, 0) is 6.42 Å². The van der Waals surface area contributed by atoms with Crippen LogP contribution in [0.1, 0.15) is 25.5 Å². The summed E-state index contributed by atoms with van der Waals surface area (Å²) in [5.41, 5.74) is 2.63. The maximum atomic E-state index is 3.55. The summed E-state index contributed by atoms with van der Waals surface area (Å²) in [7, 11) is 0. The molecule has 1 saturated heterocycles. The molecule has 2 nitrogen and oxygen atoms in total. The van der Waals surface area contributed by atoms with E-state index in [9.17, 15) is 0 Å². The summed E-state index contributed by atoms with van der Waals surface area (Å²) in [5, 5.41) is 1.33. The zero-order valence-electron chi connectivity index (χ0n) is 12.8. The number of hydrogen-bond donors (Lipinski definition) is 1. The van der Waals surface area contributed by atoms with E-state index < -0.39 is 0 Å². The lowest BCUT2D eigenvalue weighted by molar-refractivity contribution is 0.0892. The fraction of sp³-hybridized carbons (Fsp3) is 0.474. The van der Waals surface area contributed by atoms with Gasteiger partial charge in [0.15, 0.2) is 0 Å². The Morgan fingerprint density at radius 2 is 2.14 bits per heavy atom. The zero-order chi connectivity index (χ0) is 14.2. The predicted octanol–water partition coefficient (Wildman–Crippen LogP) is 4.00. The SMILES string of the molecule is CCC1CC2C=CC1CN2CCc1cc2ccccc2[nH]1. The van der Waals surface area contributed by atoms with Gasteiger partial charge in [0.2, 0.25) is 0 Å². The van der Waals surface area contributed by atoms with E-state index in [1.807, 2.05) is 0 Å². The number of fused-ring (bicyclic) bond motifs is 3.